The van der Waals surface area contributed by atoms with Gasteiger partial charge in [-0.05, 0) is 63.1 Å². The molecule has 1 aliphatic carbocycles. The fourth-order valence-corrected chi connectivity index (χ4v) is 5.71. The summed E-state index contributed by atoms with van der Waals surface area (Å²) in [6.07, 6.45) is 8.26. The Bertz CT molecular complexity index is 1300. The van der Waals surface area contributed by atoms with Crippen LogP contribution in [0.15, 0.2) is 42.6 Å². The molecule has 1 saturated heterocycles. The lowest BCUT2D eigenvalue weighted by Crippen LogP contribution is -2.38. The number of carbonyl (C=O) groups is 1. The number of aryl methyl sites for hydroxylation is 1. The molecule has 1 amide bonds. The molecule has 6 rings (SSSR count). The van der Waals surface area contributed by atoms with E-state index in [9.17, 15) is 4.79 Å². The van der Waals surface area contributed by atoms with Crippen molar-refractivity contribution in [3.8, 4) is 0 Å². The number of carbonyl (C=O) groups excluding carboxylic acids is 1. The zero-order chi connectivity index (χ0) is 22.5. The van der Waals surface area contributed by atoms with Crippen LogP contribution in [0.25, 0.3) is 16.6 Å². The fraction of sp³-hybridized carbons (Fsp3) is 0.423. The van der Waals surface area contributed by atoms with Crippen LogP contribution in [0.2, 0.25) is 0 Å². The SMILES string of the molecule is Cc1cn2nc([C@@H]3CCCCN3C(=O)c3cc4ccccc4[nH]3)cc2nc1C1CC[C@H](N)C1. The summed E-state index contributed by atoms with van der Waals surface area (Å²) in [4.78, 5) is 23.8. The van der Waals surface area contributed by atoms with E-state index in [2.05, 4.69) is 24.2 Å². The largest absolute Gasteiger partial charge is 0.351 e. The molecule has 0 spiro atoms. The highest BCUT2D eigenvalue weighted by molar-refractivity contribution is 5.98. The number of hydrogen-bond acceptors (Lipinski definition) is 4. The summed E-state index contributed by atoms with van der Waals surface area (Å²) in [5, 5.41) is 5.93. The molecule has 3 atom stereocenters. The summed E-state index contributed by atoms with van der Waals surface area (Å²) >= 11 is 0. The van der Waals surface area contributed by atoms with Crippen LogP contribution in [0.1, 0.15) is 77.9 Å². The third-order valence-electron chi connectivity index (χ3n) is 7.42. The molecule has 4 heterocycles. The lowest BCUT2D eigenvalue weighted by molar-refractivity contribution is 0.0600. The van der Waals surface area contributed by atoms with Crippen molar-refractivity contribution in [3.63, 3.8) is 0 Å². The van der Waals surface area contributed by atoms with E-state index in [1.54, 1.807) is 0 Å². The molecule has 1 saturated carbocycles. The summed E-state index contributed by atoms with van der Waals surface area (Å²) in [5.41, 5.74) is 11.9. The molecule has 3 N–H and O–H groups in total. The third kappa shape index (κ3) is 3.60. The lowest BCUT2D eigenvalue weighted by atomic mass is 9.98. The van der Waals surface area contributed by atoms with Crippen LogP contribution in [0.3, 0.4) is 0 Å². The number of fused-ring (bicyclic) bond motifs is 2. The smallest absolute Gasteiger partial charge is 0.270 e. The number of rotatable bonds is 3. The summed E-state index contributed by atoms with van der Waals surface area (Å²) in [7, 11) is 0. The molecular weight excluding hydrogens is 412 g/mol. The van der Waals surface area contributed by atoms with E-state index in [0.717, 1.165) is 78.6 Å². The maximum Gasteiger partial charge on any atom is 0.270 e. The minimum Gasteiger partial charge on any atom is -0.351 e. The van der Waals surface area contributed by atoms with Gasteiger partial charge in [0.15, 0.2) is 5.65 Å². The van der Waals surface area contributed by atoms with Crippen LogP contribution in [0.5, 0.6) is 0 Å². The Morgan fingerprint density at radius 3 is 2.85 bits per heavy atom. The molecule has 1 unspecified atom stereocenters. The van der Waals surface area contributed by atoms with Gasteiger partial charge in [0.25, 0.3) is 5.91 Å². The van der Waals surface area contributed by atoms with Crippen molar-refractivity contribution in [1.29, 1.82) is 0 Å². The van der Waals surface area contributed by atoms with Crippen LogP contribution in [0, 0.1) is 6.92 Å². The summed E-state index contributed by atoms with van der Waals surface area (Å²) in [6, 6.07) is 12.3. The highest BCUT2D eigenvalue weighted by atomic mass is 16.2. The second-order valence-electron chi connectivity index (χ2n) is 9.73. The highest BCUT2D eigenvalue weighted by Gasteiger charge is 2.32. The van der Waals surface area contributed by atoms with Crippen molar-refractivity contribution < 1.29 is 4.79 Å². The number of H-pyrrole nitrogens is 1. The second kappa shape index (κ2) is 7.99. The quantitative estimate of drug-likeness (QED) is 0.489. The zero-order valence-corrected chi connectivity index (χ0v) is 19.0. The first-order chi connectivity index (χ1) is 16.1. The van der Waals surface area contributed by atoms with Crippen LogP contribution in [0.4, 0.5) is 0 Å². The fourth-order valence-electron chi connectivity index (χ4n) is 5.71. The highest BCUT2D eigenvalue weighted by Crippen LogP contribution is 2.36. The van der Waals surface area contributed by atoms with Gasteiger partial charge in [-0.1, -0.05) is 18.2 Å². The summed E-state index contributed by atoms with van der Waals surface area (Å²) in [6.45, 7) is 2.85. The van der Waals surface area contributed by atoms with Gasteiger partial charge >= 0.3 is 0 Å². The van der Waals surface area contributed by atoms with Gasteiger partial charge in [0, 0.05) is 41.7 Å². The van der Waals surface area contributed by atoms with Gasteiger partial charge in [-0.25, -0.2) is 9.50 Å². The van der Waals surface area contributed by atoms with Gasteiger partial charge < -0.3 is 15.6 Å². The monoisotopic (exact) mass is 442 g/mol. The molecule has 170 valence electrons. The number of nitrogens with zero attached hydrogens (tertiary/aromatic N) is 4. The predicted octanol–water partition coefficient (Wildman–Crippen LogP) is 4.48. The number of aromatic amines is 1. The summed E-state index contributed by atoms with van der Waals surface area (Å²) < 4.78 is 1.88. The van der Waals surface area contributed by atoms with E-state index in [1.165, 1.54) is 0 Å². The van der Waals surface area contributed by atoms with E-state index in [4.69, 9.17) is 15.8 Å². The lowest BCUT2D eigenvalue weighted by Gasteiger charge is -2.34. The average molecular weight is 443 g/mol. The molecular formula is C26H30N6O. The average Bonchev–Trinajstić information content (AvgIpc) is 3.55. The van der Waals surface area contributed by atoms with E-state index >= 15 is 0 Å². The zero-order valence-electron chi connectivity index (χ0n) is 19.0. The number of piperidine rings is 1. The number of likely N-dealkylation sites (tertiary alicyclic amines) is 1. The maximum absolute atomic E-state index is 13.5. The minimum absolute atomic E-state index is 0.0389. The molecule has 2 aliphatic rings. The van der Waals surface area contributed by atoms with E-state index < -0.39 is 0 Å². The van der Waals surface area contributed by atoms with Crippen LogP contribution in [-0.4, -0.2) is 43.0 Å². The molecule has 2 fully saturated rings. The van der Waals surface area contributed by atoms with Gasteiger partial charge in [0.2, 0.25) is 0 Å². The van der Waals surface area contributed by atoms with Gasteiger partial charge in [-0.2, -0.15) is 5.10 Å². The maximum atomic E-state index is 13.5. The molecule has 0 bridgehead atoms. The van der Waals surface area contributed by atoms with Crippen molar-refractivity contribution >= 4 is 22.5 Å². The first-order valence-electron chi connectivity index (χ1n) is 12.1. The number of nitrogens with one attached hydrogen (secondary N) is 1. The van der Waals surface area contributed by atoms with Gasteiger partial charge in [0.05, 0.1) is 17.4 Å². The molecule has 7 heteroatoms. The molecule has 1 aromatic carbocycles. The van der Waals surface area contributed by atoms with E-state index in [1.807, 2.05) is 39.7 Å². The molecule has 33 heavy (non-hydrogen) atoms. The topological polar surface area (TPSA) is 92.3 Å². The second-order valence-corrected chi connectivity index (χ2v) is 9.73. The molecule has 0 radical (unpaired) electrons. The number of aromatic nitrogens is 4. The first-order valence-corrected chi connectivity index (χ1v) is 12.1. The number of hydrogen-bond donors (Lipinski definition) is 2. The Morgan fingerprint density at radius 2 is 2.03 bits per heavy atom. The molecule has 3 aromatic heterocycles. The Balaban J connectivity index is 1.33. The van der Waals surface area contributed by atoms with Crippen molar-refractivity contribution in [3.05, 3.63) is 65.2 Å². The number of amides is 1. The number of nitrogens with two attached hydrogens (primary N) is 1. The Morgan fingerprint density at radius 1 is 1.15 bits per heavy atom. The Labute approximate surface area is 193 Å². The van der Waals surface area contributed by atoms with E-state index in [0.29, 0.717) is 11.6 Å². The van der Waals surface area contributed by atoms with Crippen molar-refractivity contribution in [2.24, 2.45) is 5.73 Å². The first kappa shape index (κ1) is 20.4. The van der Waals surface area contributed by atoms with Crippen LogP contribution >= 0.6 is 0 Å². The minimum atomic E-state index is -0.0389. The van der Waals surface area contributed by atoms with Crippen LogP contribution in [-0.2, 0) is 0 Å². The van der Waals surface area contributed by atoms with Crippen molar-refractivity contribution in [1.82, 2.24) is 24.5 Å². The standard InChI is InChI=1S/C26H30N6O/c1-16-15-32-24(29-25(16)18-9-10-19(27)12-18)14-21(30-32)23-8-4-5-11-31(23)26(33)22-13-17-6-2-3-7-20(17)28-22/h2-3,6-7,13-15,18-19,23,28H,4-5,8-12,27H2,1H3/t18?,19-,23-/m0/s1. The Kier molecular flexibility index (Phi) is 4.94. The van der Waals surface area contributed by atoms with E-state index in [-0.39, 0.29) is 18.0 Å². The molecule has 7 nitrogen and oxygen atoms in total. The number of para-hydroxylation sites is 1. The predicted molar refractivity (Wildman–Crippen MR) is 128 cm³/mol. The van der Waals surface area contributed by atoms with Gasteiger partial charge in [-0.3, -0.25) is 4.79 Å². The molecule has 1 aliphatic heterocycles. The van der Waals surface area contributed by atoms with Gasteiger partial charge in [-0.15, -0.1) is 0 Å². The van der Waals surface area contributed by atoms with Gasteiger partial charge in [0.1, 0.15) is 5.69 Å². The van der Waals surface area contributed by atoms with Crippen molar-refractivity contribution in [2.45, 2.75) is 63.5 Å². The summed E-state index contributed by atoms with van der Waals surface area (Å²) in [5.74, 6) is 0.468. The normalized spacial score (nSPS) is 23.6. The third-order valence-corrected chi connectivity index (χ3v) is 7.42. The Hall–Kier alpha value is -3.19. The van der Waals surface area contributed by atoms with Crippen molar-refractivity contribution in [2.75, 3.05) is 6.54 Å². The molecule has 4 aromatic rings. The van der Waals surface area contributed by atoms with Crippen LogP contribution < -0.4 is 5.73 Å². The number of benzene rings is 1.